The van der Waals surface area contributed by atoms with Crippen molar-refractivity contribution in [1.82, 2.24) is 4.90 Å². The molecule has 0 aliphatic heterocycles. The number of amides is 1. The summed E-state index contributed by atoms with van der Waals surface area (Å²) < 4.78 is 0. The van der Waals surface area contributed by atoms with Gasteiger partial charge < -0.3 is 15.7 Å². The van der Waals surface area contributed by atoms with Crippen LogP contribution in [0, 0.1) is 0 Å². The number of aliphatic hydroxyl groups excluding tert-OH is 1. The molecule has 0 radical (unpaired) electrons. The van der Waals surface area contributed by atoms with E-state index in [1.54, 1.807) is 14.1 Å². The maximum Gasteiger partial charge on any atom is 0.209 e. The molecule has 3 N–H and O–H groups in total. The summed E-state index contributed by atoms with van der Waals surface area (Å²) in [5.41, 5.74) is 4.67. The Hall–Kier alpha value is -0.610. The van der Waals surface area contributed by atoms with E-state index in [-0.39, 0.29) is 0 Å². The maximum atomic E-state index is 9.43. The van der Waals surface area contributed by atoms with Crippen molar-refractivity contribution >= 4 is 6.41 Å². The van der Waals surface area contributed by atoms with Crippen LogP contribution >= 0.6 is 0 Å². The minimum atomic E-state index is -0.667. The molecule has 0 saturated carbocycles. The predicted octanol–water partition coefficient (Wildman–Crippen LogP) is -1.01. The zero-order chi connectivity index (χ0) is 7.86. The molecule has 0 aliphatic carbocycles. The lowest BCUT2D eigenvalue weighted by Crippen LogP contribution is -2.11. The molecular weight excluding hydrogens is 120 g/mol. The van der Waals surface area contributed by atoms with Crippen molar-refractivity contribution in [2.45, 2.75) is 13.2 Å². The Morgan fingerprint density at radius 1 is 1.67 bits per heavy atom. The summed E-state index contributed by atoms with van der Waals surface area (Å²) in [5.74, 6) is 0. The van der Waals surface area contributed by atoms with E-state index >= 15 is 0 Å². The van der Waals surface area contributed by atoms with Crippen LogP contribution in [0.25, 0.3) is 0 Å². The monoisotopic (exact) mass is 134 g/mol. The van der Waals surface area contributed by atoms with Crippen LogP contribution in [0.15, 0.2) is 0 Å². The first-order chi connectivity index (χ1) is 4.00. The smallest absolute Gasteiger partial charge is 0.209 e. The molecular formula is C5H14N2O2. The molecule has 56 valence electrons. The summed E-state index contributed by atoms with van der Waals surface area (Å²) in [6.07, 6.45) is 0.0833. The molecule has 0 aromatic carbocycles. The van der Waals surface area contributed by atoms with Crippen molar-refractivity contribution in [3.05, 3.63) is 0 Å². The first-order valence-electron chi connectivity index (χ1n) is 2.56. The molecule has 0 fully saturated rings. The van der Waals surface area contributed by atoms with Gasteiger partial charge in [0.15, 0.2) is 0 Å². The molecule has 0 aromatic rings. The van der Waals surface area contributed by atoms with E-state index in [4.69, 9.17) is 5.11 Å². The summed E-state index contributed by atoms with van der Waals surface area (Å²) in [5, 5.41) is 7.83. The standard InChI is InChI=1S/C3H7NO.C2H7NO/c1-4(2)3-5;1-2(3)4/h3H,1-2H3;2,4H,3H2,1H3. The maximum absolute atomic E-state index is 9.43. The predicted molar refractivity (Wildman–Crippen MR) is 35.6 cm³/mol. The second kappa shape index (κ2) is 7.39. The molecule has 0 spiro atoms. The first kappa shape index (κ1) is 11.2. The number of aliphatic hydroxyl groups is 1. The van der Waals surface area contributed by atoms with Crippen LogP contribution in [0.5, 0.6) is 0 Å². The first-order valence-corrected chi connectivity index (χ1v) is 2.56. The van der Waals surface area contributed by atoms with Crippen LogP contribution in [-0.4, -0.2) is 36.7 Å². The molecule has 0 aliphatic rings. The zero-order valence-electron chi connectivity index (χ0n) is 6.03. The van der Waals surface area contributed by atoms with Crippen LogP contribution in [0.3, 0.4) is 0 Å². The largest absolute Gasteiger partial charge is 0.379 e. The number of carbonyl (C=O) groups excluding carboxylic acids is 1. The van der Waals surface area contributed by atoms with E-state index in [1.165, 1.54) is 11.8 Å². The molecule has 0 heterocycles. The normalized spacial score (nSPS) is 10.8. The average Bonchev–Trinajstić information content (AvgIpc) is 1.65. The van der Waals surface area contributed by atoms with Crippen molar-refractivity contribution in [3.63, 3.8) is 0 Å². The van der Waals surface area contributed by atoms with Gasteiger partial charge in [-0.3, -0.25) is 4.79 Å². The third-order valence-electron chi connectivity index (χ3n) is 0.211. The van der Waals surface area contributed by atoms with Crippen LogP contribution < -0.4 is 5.73 Å². The van der Waals surface area contributed by atoms with E-state index in [0.29, 0.717) is 0 Å². The number of nitrogens with two attached hydrogens (primary N) is 1. The third-order valence-corrected chi connectivity index (χ3v) is 0.211. The summed E-state index contributed by atoms with van der Waals surface area (Å²) >= 11 is 0. The summed E-state index contributed by atoms with van der Waals surface area (Å²) in [7, 11) is 3.38. The van der Waals surface area contributed by atoms with Crippen molar-refractivity contribution in [1.29, 1.82) is 0 Å². The van der Waals surface area contributed by atoms with E-state index in [9.17, 15) is 4.79 Å². The molecule has 4 nitrogen and oxygen atoms in total. The van der Waals surface area contributed by atoms with E-state index in [1.807, 2.05) is 0 Å². The second-order valence-electron chi connectivity index (χ2n) is 1.81. The topological polar surface area (TPSA) is 66.6 Å². The van der Waals surface area contributed by atoms with Crippen LogP contribution in [-0.2, 0) is 4.79 Å². The molecule has 1 unspecified atom stereocenters. The minimum Gasteiger partial charge on any atom is -0.379 e. The van der Waals surface area contributed by atoms with Gasteiger partial charge in [-0.25, -0.2) is 0 Å². The number of nitrogens with zero attached hydrogens (tertiary/aromatic N) is 1. The molecule has 1 atom stereocenters. The number of rotatable bonds is 1. The summed E-state index contributed by atoms with van der Waals surface area (Å²) in [6, 6.07) is 0. The Balaban J connectivity index is 0. The second-order valence-corrected chi connectivity index (χ2v) is 1.81. The highest BCUT2D eigenvalue weighted by molar-refractivity contribution is 5.45. The fourth-order valence-electron chi connectivity index (χ4n) is 0. The lowest BCUT2D eigenvalue weighted by atomic mass is 10.7. The summed E-state index contributed by atoms with van der Waals surface area (Å²) in [6.45, 7) is 1.50. The van der Waals surface area contributed by atoms with Gasteiger partial charge in [0.1, 0.15) is 0 Å². The van der Waals surface area contributed by atoms with Crippen molar-refractivity contribution in [2.24, 2.45) is 5.73 Å². The highest BCUT2D eigenvalue weighted by Gasteiger charge is 1.68. The van der Waals surface area contributed by atoms with E-state index in [2.05, 4.69) is 5.73 Å². The summed E-state index contributed by atoms with van der Waals surface area (Å²) in [4.78, 5) is 10.9. The molecule has 1 amide bonds. The Bertz CT molecular complexity index is 61.2. The van der Waals surface area contributed by atoms with Gasteiger partial charge in [-0.05, 0) is 6.92 Å². The Kier molecular flexibility index (Phi) is 9.21. The highest BCUT2D eigenvalue weighted by atomic mass is 16.3. The van der Waals surface area contributed by atoms with Gasteiger partial charge in [-0.2, -0.15) is 0 Å². The number of carbonyl (C=O) groups is 1. The number of hydrogen-bond acceptors (Lipinski definition) is 3. The van der Waals surface area contributed by atoms with E-state index < -0.39 is 6.23 Å². The Morgan fingerprint density at radius 3 is 1.78 bits per heavy atom. The third kappa shape index (κ3) is 111. The van der Waals surface area contributed by atoms with E-state index in [0.717, 1.165) is 6.41 Å². The minimum absolute atomic E-state index is 0.667. The van der Waals surface area contributed by atoms with Gasteiger partial charge in [0.25, 0.3) is 0 Å². The molecule has 0 bridgehead atoms. The van der Waals surface area contributed by atoms with Gasteiger partial charge in [0, 0.05) is 14.1 Å². The molecule has 9 heavy (non-hydrogen) atoms. The fourth-order valence-corrected chi connectivity index (χ4v) is 0. The molecule has 4 heteroatoms. The van der Waals surface area contributed by atoms with Crippen molar-refractivity contribution < 1.29 is 9.90 Å². The Morgan fingerprint density at radius 2 is 1.78 bits per heavy atom. The Labute approximate surface area is 55.3 Å². The van der Waals surface area contributed by atoms with Gasteiger partial charge >= 0.3 is 0 Å². The fraction of sp³-hybridized carbons (Fsp3) is 0.800. The van der Waals surface area contributed by atoms with Crippen molar-refractivity contribution in [3.8, 4) is 0 Å². The average molecular weight is 134 g/mol. The lowest BCUT2D eigenvalue weighted by molar-refractivity contribution is -0.115. The van der Waals surface area contributed by atoms with Gasteiger partial charge in [-0.15, -0.1) is 0 Å². The number of hydrogen-bond donors (Lipinski definition) is 2. The van der Waals surface area contributed by atoms with Gasteiger partial charge in [0.05, 0.1) is 6.23 Å². The lowest BCUT2D eigenvalue weighted by Gasteiger charge is -1.93. The van der Waals surface area contributed by atoms with Gasteiger partial charge in [0.2, 0.25) is 6.41 Å². The zero-order valence-corrected chi connectivity index (χ0v) is 6.03. The van der Waals surface area contributed by atoms with Crippen LogP contribution in [0.2, 0.25) is 0 Å². The molecule has 0 aromatic heterocycles. The van der Waals surface area contributed by atoms with Crippen LogP contribution in [0.1, 0.15) is 6.92 Å². The SMILES string of the molecule is CC(N)O.CN(C)C=O. The van der Waals surface area contributed by atoms with Crippen LogP contribution in [0.4, 0.5) is 0 Å². The molecule has 0 saturated heterocycles. The van der Waals surface area contributed by atoms with Gasteiger partial charge in [-0.1, -0.05) is 0 Å². The van der Waals surface area contributed by atoms with Crippen molar-refractivity contribution in [2.75, 3.05) is 14.1 Å². The highest BCUT2D eigenvalue weighted by Crippen LogP contribution is 1.52. The quantitative estimate of drug-likeness (QED) is 0.356. The molecule has 0 rings (SSSR count).